The number of piperazine rings is 1. The molecule has 1 atom stereocenters. The van der Waals surface area contributed by atoms with Gasteiger partial charge in [0, 0.05) is 31.2 Å². The fraction of sp³-hybridized carbons (Fsp3) is 0.360. The van der Waals surface area contributed by atoms with Crippen LogP contribution in [0.25, 0.3) is 5.69 Å². The molecule has 0 radical (unpaired) electrons. The Morgan fingerprint density at radius 3 is 2.42 bits per heavy atom. The normalized spacial score (nSPS) is 16.2. The molecule has 0 saturated carbocycles. The predicted octanol–water partition coefficient (Wildman–Crippen LogP) is 3.66. The molecule has 1 aromatic heterocycles. The smallest absolute Gasteiger partial charge is 0.254 e. The van der Waals surface area contributed by atoms with E-state index in [1.807, 2.05) is 90.6 Å². The summed E-state index contributed by atoms with van der Waals surface area (Å²) in [6.45, 7) is 9.56. The molecule has 0 spiro atoms. The molecule has 2 heterocycles. The summed E-state index contributed by atoms with van der Waals surface area (Å²) in [6.07, 6.45) is 0. The predicted molar refractivity (Wildman–Crippen MR) is 130 cm³/mol. The maximum absolute atomic E-state index is 13.0. The number of aryl methyl sites for hydroxylation is 3. The lowest BCUT2D eigenvalue weighted by Gasteiger charge is -2.40. The van der Waals surface area contributed by atoms with E-state index < -0.39 is 0 Å². The molecule has 4 rings (SSSR count). The first-order valence-corrected chi connectivity index (χ1v) is 12.1. The first-order chi connectivity index (χ1) is 15.8. The zero-order valence-corrected chi connectivity index (χ0v) is 20.3. The van der Waals surface area contributed by atoms with Crippen molar-refractivity contribution >= 4 is 23.6 Å². The third kappa shape index (κ3) is 4.95. The third-order valence-corrected chi connectivity index (χ3v) is 6.93. The van der Waals surface area contributed by atoms with Gasteiger partial charge in [-0.15, -0.1) is 10.2 Å². The summed E-state index contributed by atoms with van der Waals surface area (Å²) >= 11 is 1.40. The molecule has 0 N–H and O–H groups in total. The molecule has 3 aromatic rings. The van der Waals surface area contributed by atoms with Crippen LogP contribution in [-0.4, -0.2) is 67.8 Å². The topological polar surface area (TPSA) is 71.3 Å². The second-order valence-corrected chi connectivity index (χ2v) is 9.44. The van der Waals surface area contributed by atoms with Crippen LogP contribution in [-0.2, 0) is 4.79 Å². The van der Waals surface area contributed by atoms with Crippen LogP contribution in [0.4, 0.5) is 0 Å². The number of carbonyl (C=O) groups is 2. The van der Waals surface area contributed by atoms with Gasteiger partial charge in [0.1, 0.15) is 5.82 Å². The Labute approximate surface area is 198 Å². The molecule has 0 aliphatic carbocycles. The van der Waals surface area contributed by atoms with Gasteiger partial charge < -0.3 is 9.80 Å². The van der Waals surface area contributed by atoms with E-state index in [1.165, 1.54) is 11.8 Å². The fourth-order valence-corrected chi connectivity index (χ4v) is 4.99. The molecule has 2 aromatic carbocycles. The number of para-hydroxylation sites is 1. The van der Waals surface area contributed by atoms with Crippen molar-refractivity contribution in [2.24, 2.45) is 0 Å². The lowest BCUT2D eigenvalue weighted by molar-refractivity contribution is -0.130. The Balaban J connectivity index is 1.38. The average molecular weight is 464 g/mol. The van der Waals surface area contributed by atoms with Gasteiger partial charge in [0.15, 0.2) is 5.16 Å². The molecular weight excluding hydrogens is 434 g/mol. The second-order valence-electron chi connectivity index (χ2n) is 8.49. The first-order valence-electron chi connectivity index (χ1n) is 11.1. The summed E-state index contributed by atoms with van der Waals surface area (Å²) in [6, 6.07) is 15.7. The van der Waals surface area contributed by atoms with Crippen LogP contribution in [0.3, 0.4) is 0 Å². The van der Waals surface area contributed by atoms with Crippen LogP contribution in [0, 0.1) is 20.8 Å². The summed E-state index contributed by atoms with van der Waals surface area (Å²) in [7, 11) is 0. The number of rotatable bonds is 5. The Morgan fingerprint density at radius 2 is 1.73 bits per heavy atom. The lowest BCUT2D eigenvalue weighted by atomic mass is 10.1. The Hall–Kier alpha value is -3.13. The van der Waals surface area contributed by atoms with Crippen molar-refractivity contribution in [3.8, 4) is 5.69 Å². The number of nitrogens with zero attached hydrogens (tertiary/aromatic N) is 5. The number of thioether (sulfide) groups is 1. The fourth-order valence-electron chi connectivity index (χ4n) is 4.09. The van der Waals surface area contributed by atoms with Crippen molar-refractivity contribution in [3.05, 3.63) is 71.0 Å². The van der Waals surface area contributed by atoms with Gasteiger partial charge in [0.25, 0.3) is 5.91 Å². The van der Waals surface area contributed by atoms with Crippen molar-refractivity contribution in [1.29, 1.82) is 0 Å². The van der Waals surface area contributed by atoms with Crippen LogP contribution in [0.1, 0.15) is 34.2 Å². The van der Waals surface area contributed by atoms with Crippen LogP contribution in [0.15, 0.2) is 53.7 Å². The molecule has 1 aliphatic rings. The highest BCUT2D eigenvalue weighted by molar-refractivity contribution is 7.99. The monoisotopic (exact) mass is 463 g/mol. The number of hydrogen-bond donors (Lipinski definition) is 0. The van der Waals surface area contributed by atoms with E-state index in [0.29, 0.717) is 30.4 Å². The minimum atomic E-state index is -0.0423. The molecule has 172 valence electrons. The van der Waals surface area contributed by atoms with E-state index in [1.54, 1.807) is 0 Å². The molecule has 1 fully saturated rings. The van der Waals surface area contributed by atoms with E-state index in [2.05, 4.69) is 10.2 Å². The summed E-state index contributed by atoms with van der Waals surface area (Å²) in [5.74, 6) is 1.14. The molecule has 2 amide bonds. The summed E-state index contributed by atoms with van der Waals surface area (Å²) in [5.41, 5.74) is 3.96. The third-order valence-electron chi connectivity index (χ3n) is 6.02. The van der Waals surface area contributed by atoms with E-state index in [4.69, 9.17) is 0 Å². The van der Waals surface area contributed by atoms with Crippen molar-refractivity contribution in [3.63, 3.8) is 0 Å². The molecule has 1 unspecified atom stereocenters. The van der Waals surface area contributed by atoms with Gasteiger partial charge in [-0.05, 0) is 51.5 Å². The van der Waals surface area contributed by atoms with Crippen molar-refractivity contribution in [2.75, 3.05) is 25.4 Å². The van der Waals surface area contributed by atoms with Crippen LogP contribution < -0.4 is 0 Å². The highest BCUT2D eigenvalue weighted by atomic mass is 32.2. The largest absolute Gasteiger partial charge is 0.338 e. The number of carbonyl (C=O) groups excluding carboxylic acids is 2. The Kier molecular flexibility index (Phi) is 6.83. The van der Waals surface area contributed by atoms with Crippen LogP contribution in [0.2, 0.25) is 0 Å². The van der Waals surface area contributed by atoms with Gasteiger partial charge in [0.05, 0.1) is 11.4 Å². The molecule has 33 heavy (non-hydrogen) atoms. The molecular formula is C25H29N5O2S. The van der Waals surface area contributed by atoms with Crippen molar-refractivity contribution in [2.45, 2.75) is 38.9 Å². The zero-order chi connectivity index (χ0) is 23.5. The van der Waals surface area contributed by atoms with E-state index in [-0.39, 0.29) is 23.6 Å². The van der Waals surface area contributed by atoms with E-state index in [0.717, 1.165) is 22.6 Å². The summed E-state index contributed by atoms with van der Waals surface area (Å²) in [5, 5.41) is 9.22. The van der Waals surface area contributed by atoms with Gasteiger partial charge in [0.2, 0.25) is 5.91 Å². The molecule has 7 nitrogen and oxygen atoms in total. The first kappa shape index (κ1) is 23.0. The molecule has 1 aliphatic heterocycles. The van der Waals surface area contributed by atoms with Crippen molar-refractivity contribution < 1.29 is 9.59 Å². The minimum Gasteiger partial charge on any atom is -0.338 e. The molecule has 8 heteroatoms. The minimum absolute atomic E-state index is 0.0192. The standard InChI is InChI=1S/C25H29N5O2S/c1-17-9-11-21(12-10-17)24(32)29-14-13-28(15-19(29)3)23(31)16-33-25-27-26-20(4)30(25)22-8-6-5-7-18(22)2/h5-12,19H,13-16H2,1-4H3. The summed E-state index contributed by atoms with van der Waals surface area (Å²) < 4.78 is 1.99. The quantitative estimate of drug-likeness (QED) is 0.540. The van der Waals surface area contributed by atoms with Gasteiger partial charge in [-0.2, -0.15) is 0 Å². The number of aromatic nitrogens is 3. The maximum Gasteiger partial charge on any atom is 0.254 e. The Morgan fingerprint density at radius 1 is 1.00 bits per heavy atom. The van der Waals surface area contributed by atoms with E-state index >= 15 is 0 Å². The van der Waals surface area contributed by atoms with Gasteiger partial charge in [-0.3, -0.25) is 14.2 Å². The van der Waals surface area contributed by atoms with Gasteiger partial charge >= 0.3 is 0 Å². The number of amides is 2. The Bertz CT molecular complexity index is 1160. The highest BCUT2D eigenvalue weighted by Crippen LogP contribution is 2.24. The molecule has 1 saturated heterocycles. The zero-order valence-electron chi connectivity index (χ0n) is 19.5. The van der Waals surface area contributed by atoms with Crippen molar-refractivity contribution in [1.82, 2.24) is 24.6 Å². The summed E-state index contributed by atoms with van der Waals surface area (Å²) in [4.78, 5) is 29.6. The number of hydrogen-bond acceptors (Lipinski definition) is 5. The lowest BCUT2D eigenvalue weighted by Crippen LogP contribution is -2.55. The second kappa shape index (κ2) is 9.79. The molecule has 0 bridgehead atoms. The maximum atomic E-state index is 13.0. The number of benzene rings is 2. The van der Waals surface area contributed by atoms with Crippen LogP contribution in [0.5, 0.6) is 0 Å². The SMILES string of the molecule is Cc1ccc(C(=O)N2CCN(C(=O)CSc3nnc(C)n3-c3ccccc3C)CC2C)cc1. The highest BCUT2D eigenvalue weighted by Gasteiger charge is 2.30. The average Bonchev–Trinajstić information content (AvgIpc) is 3.17. The van der Waals surface area contributed by atoms with E-state index in [9.17, 15) is 9.59 Å². The van der Waals surface area contributed by atoms with Gasteiger partial charge in [-0.1, -0.05) is 47.7 Å². The van der Waals surface area contributed by atoms with Gasteiger partial charge in [-0.25, -0.2) is 0 Å². The van der Waals surface area contributed by atoms with Crippen LogP contribution >= 0.6 is 11.8 Å².